The van der Waals surface area contributed by atoms with Crippen LogP contribution in [0, 0.1) is 5.92 Å². The molecular formula is C5H9OSn. The number of ether oxygens (including phenoxy) is 1. The van der Waals surface area contributed by atoms with Gasteiger partial charge in [-0.25, -0.2) is 0 Å². The Morgan fingerprint density at radius 3 is 2.71 bits per heavy atom. The Hall–Kier alpha value is 0.759. The molecule has 0 atom stereocenters. The molecule has 0 bridgehead atoms. The molecule has 1 saturated carbocycles. The average Bonchev–Trinajstić information content (AvgIpc) is 2.42. The van der Waals surface area contributed by atoms with Gasteiger partial charge in [0, 0.05) is 0 Å². The van der Waals surface area contributed by atoms with Crippen LogP contribution in [0.1, 0.15) is 12.8 Å². The summed E-state index contributed by atoms with van der Waals surface area (Å²) in [5.74, 6) is 0.945. The first-order valence-electron chi connectivity index (χ1n) is 2.66. The van der Waals surface area contributed by atoms with Gasteiger partial charge in [0.05, 0.1) is 0 Å². The average molecular weight is 204 g/mol. The molecular weight excluding hydrogens is 195 g/mol. The summed E-state index contributed by atoms with van der Waals surface area (Å²) in [6.45, 7) is 1.03. The molecule has 1 rings (SSSR count). The van der Waals surface area contributed by atoms with E-state index in [1.54, 1.807) is 0 Å². The molecule has 0 N–H and O–H groups in total. The molecule has 0 saturated heterocycles. The van der Waals surface area contributed by atoms with Crippen LogP contribution >= 0.6 is 0 Å². The van der Waals surface area contributed by atoms with Crippen molar-refractivity contribution in [1.29, 1.82) is 0 Å². The van der Waals surface area contributed by atoms with Crippen molar-refractivity contribution in [3.63, 3.8) is 0 Å². The van der Waals surface area contributed by atoms with Crippen LogP contribution in [0.3, 0.4) is 0 Å². The zero-order valence-electron chi connectivity index (χ0n) is 4.31. The van der Waals surface area contributed by atoms with Crippen molar-refractivity contribution < 1.29 is 4.74 Å². The summed E-state index contributed by atoms with van der Waals surface area (Å²) >= 11 is 1.50. The third-order valence-corrected chi connectivity index (χ3v) is 1.74. The van der Waals surface area contributed by atoms with Crippen LogP contribution in [0.15, 0.2) is 0 Å². The van der Waals surface area contributed by atoms with E-state index in [0.29, 0.717) is 0 Å². The van der Waals surface area contributed by atoms with Crippen LogP contribution in [0.5, 0.6) is 0 Å². The van der Waals surface area contributed by atoms with E-state index in [9.17, 15) is 0 Å². The maximum atomic E-state index is 5.20. The number of hydrogen-bond acceptors (Lipinski definition) is 1. The van der Waals surface area contributed by atoms with Crippen molar-refractivity contribution in [2.24, 2.45) is 5.92 Å². The summed E-state index contributed by atoms with van der Waals surface area (Å²) in [5, 5.41) is 0. The minimum atomic E-state index is 0.945. The van der Waals surface area contributed by atoms with E-state index in [1.807, 2.05) is 0 Å². The summed E-state index contributed by atoms with van der Waals surface area (Å²) in [6.07, 6.45) is 2.83. The molecule has 0 aromatic heterocycles. The van der Waals surface area contributed by atoms with E-state index in [1.165, 1.54) is 35.4 Å². The van der Waals surface area contributed by atoms with Crippen molar-refractivity contribution in [2.45, 2.75) is 12.8 Å². The molecule has 1 aliphatic rings. The molecule has 3 radical (unpaired) electrons. The van der Waals surface area contributed by atoms with E-state index in [0.717, 1.165) is 17.1 Å². The third-order valence-electron chi connectivity index (χ3n) is 1.15. The first kappa shape index (κ1) is 5.89. The minimum absolute atomic E-state index is 0.945. The van der Waals surface area contributed by atoms with Crippen molar-refractivity contribution in [3.05, 3.63) is 0 Å². The van der Waals surface area contributed by atoms with E-state index < -0.39 is 0 Å². The van der Waals surface area contributed by atoms with Crippen molar-refractivity contribution in [2.75, 3.05) is 11.2 Å². The molecule has 39 valence electrons. The van der Waals surface area contributed by atoms with Crippen LogP contribution in [-0.4, -0.2) is 33.8 Å². The fourth-order valence-corrected chi connectivity index (χ4v) is 0.846. The number of rotatable bonds is 3. The van der Waals surface area contributed by atoms with Gasteiger partial charge in [-0.2, -0.15) is 0 Å². The normalized spacial score (nSPS) is 20.1. The van der Waals surface area contributed by atoms with Gasteiger partial charge in [-0.3, -0.25) is 0 Å². The van der Waals surface area contributed by atoms with Crippen molar-refractivity contribution >= 4 is 22.5 Å². The molecule has 7 heavy (non-hydrogen) atoms. The van der Waals surface area contributed by atoms with Crippen LogP contribution < -0.4 is 0 Å². The Bertz CT molecular complexity index is 52.0. The van der Waals surface area contributed by atoms with Gasteiger partial charge < -0.3 is 0 Å². The SMILES string of the molecule is [Sn][CH2]OCC1CC1. The van der Waals surface area contributed by atoms with Gasteiger partial charge in [-0.1, -0.05) is 0 Å². The van der Waals surface area contributed by atoms with E-state index in [4.69, 9.17) is 4.74 Å². The summed E-state index contributed by atoms with van der Waals surface area (Å²) in [7, 11) is 0. The van der Waals surface area contributed by atoms with Crippen LogP contribution in [0.4, 0.5) is 0 Å². The first-order valence-corrected chi connectivity index (χ1v) is 4.67. The molecule has 0 aromatic carbocycles. The topological polar surface area (TPSA) is 9.23 Å². The number of hydrogen-bond donors (Lipinski definition) is 0. The second kappa shape index (κ2) is 2.92. The Labute approximate surface area is 57.5 Å². The molecule has 0 spiro atoms. The summed E-state index contributed by atoms with van der Waals surface area (Å²) in [4.78, 5) is 0. The Kier molecular flexibility index (Phi) is 2.46. The Morgan fingerprint density at radius 1 is 1.57 bits per heavy atom. The monoisotopic (exact) mass is 205 g/mol. The van der Waals surface area contributed by atoms with E-state index in [-0.39, 0.29) is 0 Å². The maximum absolute atomic E-state index is 5.20. The quantitative estimate of drug-likeness (QED) is 0.609. The van der Waals surface area contributed by atoms with Crippen LogP contribution in [-0.2, 0) is 4.74 Å². The van der Waals surface area contributed by atoms with Gasteiger partial charge in [0.25, 0.3) is 0 Å². The van der Waals surface area contributed by atoms with Gasteiger partial charge in [-0.05, 0) is 0 Å². The Balaban J connectivity index is 1.80. The predicted octanol–water partition coefficient (Wildman–Crippen LogP) is 0.539. The van der Waals surface area contributed by atoms with Gasteiger partial charge in [0.15, 0.2) is 0 Å². The van der Waals surface area contributed by atoms with E-state index in [2.05, 4.69) is 0 Å². The van der Waals surface area contributed by atoms with Gasteiger partial charge in [-0.15, -0.1) is 0 Å². The zero-order chi connectivity index (χ0) is 5.11. The van der Waals surface area contributed by atoms with Gasteiger partial charge >= 0.3 is 57.3 Å². The fourth-order valence-electron chi connectivity index (χ4n) is 0.510. The predicted molar refractivity (Wildman–Crippen MR) is 29.3 cm³/mol. The van der Waals surface area contributed by atoms with Crippen LogP contribution in [0.2, 0.25) is 0 Å². The van der Waals surface area contributed by atoms with Gasteiger partial charge in [0.2, 0.25) is 0 Å². The standard InChI is InChI=1S/C5H9O.Sn/c1-6-4-5-2-3-5;/h5H,1-4H2;. The Morgan fingerprint density at radius 2 is 2.29 bits per heavy atom. The summed E-state index contributed by atoms with van der Waals surface area (Å²) in [6, 6.07) is 0. The molecule has 1 fully saturated rings. The third kappa shape index (κ3) is 2.54. The summed E-state index contributed by atoms with van der Waals surface area (Å²) < 4.78 is 6.17. The zero-order valence-corrected chi connectivity index (χ0v) is 7.17. The summed E-state index contributed by atoms with van der Waals surface area (Å²) in [5.41, 5.74) is 0. The molecule has 1 aliphatic carbocycles. The van der Waals surface area contributed by atoms with Crippen molar-refractivity contribution in [1.82, 2.24) is 0 Å². The fraction of sp³-hybridized carbons (Fsp3) is 1.00. The molecule has 1 nitrogen and oxygen atoms in total. The molecule has 0 aromatic rings. The van der Waals surface area contributed by atoms with Crippen molar-refractivity contribution in [3.8, 4) is 0 Å². The molecule has 0 unspecified atom stereocenters. The first-order chi connectivity index (χ1) is 3.43. The molecule has 0 aliphatic heterocycles. The second-order valence-corrected chi connectivity index (χ2v) is 2.78. The molecule has 2 heteroatoms. The van der Waals surface area contributed by atoms with E-state index >= 15 is 0 Å². The second-order valence-electron chi connectivity index (χ2n) is 1.96. The molecule has 0 amide bonds. The van der Waals surface area contributed by atoms with Gasteiger partial charge in [0.1, 0.15) is 0 Å². The van der Waals surface area contributed by atoms with Crippen LogP contribution in [0.25, 0.3) is 0 Å². The molecule has 0 heterocycles.